The number of benzene rings is 2. The number of nitrogens with one attached hydrogen (secondary N) is 1. The van der Waals surface area contributed by atoms with E-state index in [1.54, 1.807) is 31.2 Å². The second-order valence-corrected chi connectivity index (χ2v) is 4.71. The number of rotatable bonds is 4. The Morgan fingerprint density at radius 2 is 2.00 bits per heavy atom. The van der Waals surface area contributed by atoms with E-state index in [1.807, 2.05) is 37.3 Å². The maximum atomic E-state index is 12.1. The molecule has 2 aromatic carbocycles. The lowest BCUT2D eigenvalue weighted by Crippen LogP contribution is -2.30. The van der Waals surface area contributed by atoms with Crippen LogP contribution < -0.4 is 10.1 Å². The average Bonchev–Trinajstić information content (AvgIpc) is 2.49. The molecule has 0 heterocycles. The van der Waals surface area contributed by atoms with Gasteiger partial charge in [-0.05, 0) is 43.7 Å². The molecule has 0 spiro atoms. The molecule has 1 amide bonds. The fraction of sp³-hybridized carbons (Fsp3) is 0.176. The number of para-hydroxylation sites is 1. The van der Waals surface area contributed by atoms with Crippen molar-refractivity contribution >= 4 is 11.6 Å². The average molecular weight is 280 g/mol. The first-order chi connectivity index (χ1) is 10.1. The van der Waals surface area contributed by atoms with Gasteiger partial charge in [0, 0.05) is 5.69 Å². The third-order valence-electron chi connectivity index (χ3n) is 3.03. The van der Waals surface area contributed by atoms with Gasteiger partial charge in [0.25, 0.3) is 5.91 Å². The van der Waals surface area contributed by atoms with Gasteiger partial charge in [-0.1, -0.05) is 24.3 Å². The fourth-order valence-electron chi connectivity index (χ4n) is 1.84. The minimum Gasteiger partial charge on any atom is -0.481 e. The van der Waals surface area contributed by atoms with Crippen LogP contribution >= 0.6 is 0 Å². The van der Waals surface area contributed by atoms with Gasteiger partial charge in [0.05, 0.1) is 11.6 Å². The lowest BCUT2D eigenvalue weighted by molar-refractivity contribution is -0.122. The van der Waals surface area contributed by atoms with Gasteiger partial charge < -0.3 is 10.1 Å². The number of nitriles is 1. The zero-order chi connectivity index (χ0) is 15.2. The molecule has 4 nitrogen and oxygen atoms in total. The van der Waals surface area contributed by atoms with Crippen LogP contribution in [0.25, 0.3) is 0 Å². The van der Waals surface area contributed by atoms with Gasteiger partial charge >= 0.3 is 0 Å². The normalized spacial score (nSPS) is 11.3. The van der Waals surface area contributed by atoms with E-state index < -0.39 is 6.10 Å². The zero-order valence-corrected chi connectivity index (χ0v) is 12.0. The molecule has 2 rings (SSSR count). The Kier molecular flexibility index (Phi) is 4.57. The fourth-order valence-corrected chi connectivity index (χ4v) is 1.84. The van der Waals surface area contributed by atoms with Gasteiger partial charge in [0.2, 0.25) is 0 Å². The second kappa shape index (κ2) is 6.58. The molecular weight excluding hydrogens is 264 g/mol. The molecule has 0 aliphatic heterocycles. The summed E-state index contributed by atoms with van der Waals surface area (Å²) in [6, 6.07) is 16.3. The Morgan fingerprint density at radius 1 is 1.24 bits per heavy atom. The van der Waals surface area contributed by atoms with E-state index >= 15 is 0 Å². The monoisotopic (exact) mass is 280 g/mol. The number of anilines is 1. The van der Waals surface area contributed by atoms with E-state index in [2.05, 4.69) is 5.32 Å². The molecule has 0 aromatic heterocycles. The smallest absolute Gasteiger partial charge is 0.265 e. The van der Waals surface area contributed by atoms with E-state index in [9.17, 15) is 4.79 Å². The van der Waals surface area contributed by atoms with Crippen molar-refractivity contribution in [3.63, 3.8) is 0 Å². The number of amides is 1. The molecule has 0 saturated heterocycles. The van der Waals surface area contributed by atoms with Crippen molar-refractivity contribution in [2.75, 3.05) is 5.32 Å². The minimum atomic E-state index is -0.628. The number of ether oxygens (including phenoxy) is 1. The predicted molar refractivity (Wildman–Crippen MR) is 81.1 cm³/mol. The molecule has 106 valence electrons. The molecule has 21 heavy (non-hydrogen) atoms. The first kappa shape index (κ1) is 14.6. The van der Waals surface area contributed by atoms with Crippen LogP contribution in [0.4, 0.5) is 5.69 Å². The maximum Gasteiger partial charge on any atom is 0.265 e. The third kappa shape index (κ3) is 3.83. The van der Waals surface area contributed by atoms with Crippen LogP contribution in [0.2, 0.25) is 0 Å². The van der Waals surface area contributed by atoms with Crippen molar-refractivity contribution in [3.8, 4) is 11.8 Å². The Bertz CT molecular complexity index is 689. The van der Waals surface area contributed by atoms with Gasteiger partial charge in [-0.25, -0.2) is 0 Å². The Hall–Kier alpha value is -2.80. The van der Waals surface area contributed by atoms with Crippen molar-refractivity contribution in [2.24, 2.45) is 0 Å². The van der Waals surface area contributed by atoms with Crippen molar-refractivity contribution in [2.45, 2.75) is 20.0 Å². The molecule has 0 aliphatic rings. The predicted octanol–water partition coefficient (Wildman–Crippen LogP) is 3.27. The molecule has 1 atom stereocenters. The molecule has 1 unspecified atom stereocenters. The summed E-state index contributed by atoms with van der Waals surface area (Å²) in [5, 5.41) is 11.6. The van der Waals surface area contributed by atoms with Crippen LogP contribution in [0.15, 0.2) is 48.5 Å². The highest BCUT2D eigenvalue weighted by Crippen LogP contribution is 2.18. The molecule has 2 aromatic rings. The highest BCUT2D eigenvalue weighted by molar-refractivity contribution is 5.94. The van der Waals surface area contributed by atoms with Gasteiger partial charge in [-0.3, -0.25) is 4.79 Å². The van der Waals surface area contributed by atoms with Gasteiger partial charge in [-0.15, -0.1) is 0 Å². The highest BCUT2D eigenvalue weighted by Gasteiger charge is 2.15. The summed E-state index contributed by atoms with van der Waals surface area (Å²) >= 11 is 0. The Morgan fingerprint density at radius 3 is 2.71 bits per heavy atom. The molecule has 0 radical (unpaired) electrons. The summed E-state index contributed by atoms with van der Waals surface area (Å²) in [5.74, 6) is 0.430. The Labute approximate surface area is 124 Å². The summed E-state index contributed by atoms with van der Waals surface area (Å²) in [7, 11) is 0. The van der Waals surface area contributed by atoms with Crippen molar-refractivity contribution in [1.82, 2.24) is 0 Å². The summed E-state index contributed by atoms with van der Waals surface area (Å²) in [6.45, 7) is 3.62. The minimum absolute atomic E-state index is 0.256. The Balaban J connectivity index is 2.03. The number of hydrogen-bond donors (Lipinski definition) is 1. The summed E-state index contributed by atoms with van der Waals surface area (Å²) < 4.78 is 5.66. The van der Waals surface area contributed by atoms with Crippen LogP contribution in [-0.4, -0.2) is 12.0 Å². The topological polar surface area (TPSA) is 62.1 Å². The molecule has 0 aliphatic carbocycles. The molecule has 0 saturated carbocycles. The lowest BCUT2D eigenvalue weighted by atomic mass is 10.2. The lowest BCUT2D eigenvalue weighted by Gasteiger charge is -2.16. The van der Waals surface area contributed by atoms with Gasteiger partial charge in [0.15, 0.2) is 6.10 Å². The number of nitrogens with zero attached hydrogens (tertiary/aromatic N) is 1. The number of hydrogen-bond acceptors (Lipinski definition) is 3. The molecule has 4 heteroatoms. The van der Waals surface area contributed by atoms with Gasteiger partial charge in [0.1, 0.15) is 5.75 Å². The maximum absolute atomic E-state index is 12.1. The summed E-state index contributed by atoms with van der Waals surface area (Å²) in [5.41, 5.74) is 2.06. The quantitative estimate of drug-likeness (QED) is 0.935. The highest BCUT2D eigenvalue weighted by atomic mass is 16.5. The van der Waals surface area contributed by atoms with Crippen LogP contribution in [-0.2, 0) is 4.79 Å². The van der Waals surface area contributed by atoms with E-state index in [-0.39, 0.29) is 5.91 Å². The van der Waals surface area contributed by atoms with Crippen LogP contribution in [0.3, 0.4) is 0 Å². The first-order valence-corrected chi connectivity index (χ1v) is 6.63. The number of aryl methyl sites for hydroxylation is 1. The van der Waals surface area contributed by atoms with E-state index in [0.717, 1.165) is 5.56 Å². The summed E-state index contributed by atoms with van der Waals surface area (Å²) in [4.78, 5) is 12.1. The zero-order valence-electron chi connectivity index (χ0n) is 12.0. The molecular formula is C17H16N2O2. The van der Waals surface area contributed by atoms with Crippen LogP contribution in [0.1, 0.15) is 18.1 Å². The van der Waals surface area contributed by atoms with Crippen molar-refractivity contribution in [1.29, 1.82) is 5.26 Å². The molecule has 1 N–H and O–H groups in total. The van der Waals surface area contributed by atoms with Crippen molar-refractivity contribution < 1.29 is 9.53 Å². The second-order valence-electron chi connectivity index (χ2n) is 4.71. The van der Waals surface area contributed by atoms with Gasteiger partial charge in [-0.2, -0.15) is 5.26 Å². The summed E-state index contributed by atoms with van der Waals surface area (Å²) in [6.07, 6.45) is -0.628. The number of carbonyl (C=O) groups excluding carboxylic acids is 1. The van der Waals surface area contributed by atoms with E-state index in [1.165, 1.54) is 0 Å². The molecule has 0 bridgehead atoms. The van der Waals surface area contributed by atoms with E-state index in [0.29, 0.717) is 17.0 Å². The molecule has 0 fully saturated rings. The largest absolute Gasteiger partial charge is 0.481 e. The van der Waals surface area contributed by atoms with Crippen LogP contribution in [0.5, 0.6) is 5.75 Å². The number of carbonyl (C=O) groups is 1. The van der Waals surface area contributed by atoms with Crippen molar-refractivity contribution in [3.05, 3.63) is 59.7 Å². The van der Waals surface area contributed by atoms with Crippen LogP contribution in [0, 0.1) is 18.3 Å². The first-order valence-electron chi connectivity index (χ1n) is 6.63. The van der Waals surface area contributed by atoms with E-state index in [4.69, 9.17) is 10.00 Å². The standard InChI is InChI=1S/C17H16N2O2/c1-12-6-3-4-9-16(12)21-13(2)17(20)19-15-8-5-7-14(10-15)11-18/h3-10,13H,1-2H3,(H,19,20). The SMILES string of the molecule is Cc1ccccc1OC(C)C(=O)Nc1cccc(C#N)c1. The third-order valence-corrected chi connectivity index (χ3v) is 3.03.